The van der Waals surface area contributed by atoms with Gasteiger partial charge in [0, 0.05) is 39.0 Å². The average Bonchev–Trinajstić information content (AvgIpc) is 3.28. The zero-order valence-electron chi connectivity index (χ0n) is 15.1. The third kappa shape index (κ3) is 5.40. The van der Waals surface area contributed by atoms with Crippen molar-refractivity contribution in [2.75, 3.05) is 50.5 Å². The molecular formula is C15H26N6O3S2. The molecule has 0 atom stereocenters. The molecule has 26 heavy (non-hydrogen) atoms. The Morgan fingerprint density at radius 2 is 1.88 bits per heavy atom. The Kier molecular flexibility index (Phi) is 6.51. The molecule has 11 heteroatoms. The van der Waals surface area contributed by atoms with E-state index in [1.54, 1.807) is 0 Å². The van der Waals surface area contributed by atoms with Gasteiger partial charge in [0.2, 0.25) is 11.1 Å². The van der Waals surface area contributed by atoms with Gasteiger partial charge in [0.25, 0.3) is 0 Å². The number of hydrogen-bond donors (Lipinski definition) is 0. The van der Waals surface area contributed by atoms with Crippen LogP contribution in [0.4, 0.5) is 0 Å². The molecule has 1 aromatic rings. The van der Waals surface area contributed by atoms with Crippen molar-refractivity contribution in [3.8, 4) is 0 Å². The van der Waals surface area contributed by atoms with Crippen molar-refractivity contribution in [2.24, 2.45) is 0 Å². The van der Waals surface area contributed by atoms with E-state index in [1.165, 1.54) is 30.9 Å². The number of carbonyl (C=O) groups is 1. The minimum absolute atomic E-state index is 0.0822. The second kappa shape index (κ2) is 8.66. The van der Waals surface area contributed by atoms with E-state index >= 15 is 0 Å². The first-order chi connectivity index (χ1) is 12.4. The summed E-state index contributed by atoms with van der Waals surface area (Å²) < 4.78 is 24.4. The summed E-state index contributed by atoms with van der Waals surface area (Å²) >= 11 is 1.40. The Bertz CT molecular complexity index is 709. The summed E-state index contributed by atoms with van der Waals surface area (Å²) in [6, 6.07) is 0.362. The molecule has 0 radical (unpaired) electrons. The minimum Gasteiger partial charge on any atom is -0.339 e. The van der Waals surface area contributed by atoms with Crippen molar-refractivity contribution in [3.05, 3.63) is 0 Å². The Morgan fingerprint density at radius 3 is 2.54 bits per heavy atom. The standard InChI is InChI=1S/C15H26N6O3S2/c1-26(23,24)11-10-19-6-8-20(9-7-19)14(22)12-25-15-16-17-18-21(15)13-4-2-3-5-13/h13H,2-12H2,1H3. The Hall–Kier alpha value is -1.20. The van der Waals surface area contributed by atoms with E-state index in [-0.39, 0.29) is 11.7 Å². The predicted molar refractivity (Wildman–Crippen MR) is 98.8 cm³/mol. The van der Waals surface area contributed by atoms with Crippen LogP contribution in [0, 0.1) is 0 Å². The van der Waals surface area contributed by atoms with Crippen LogP contribution in [0.2, 0.25) is 0 Å². The monoisotopic (exact) mass is 402 g/mol. The number of aromatic nitrogens is 4. The van der Waals surface area contributed by atoms with Gasteiger partial charge in [0.15, 0.2) is 0 Å². The molecule has 0 bridgehead atoms. The number of thioether (sulfide) groups is 1. The summed E-state index contributed by atoms with van der Waals surface area (Å²) in [7, 11) is -2.95. The molecule has 1 aromatic heterocycles. The van der Waals surface area contributed by atoms with Crippen LogP contribution in [0.25, 0.3) is 0 Å². The molecular weight excluding hydrogens is 376 g/mol. The van der Waals surface area contributed by atoms with Gasteiger partial charge in [-0.1, -0.05) is 24.6 Å². The van der Waals surface area contributed by atoms with Crippen LogP contribution in [0.1, 0.15) is 31.7 Å². The fourth-order valence-electron chi connectivity index (χ4n) is 3.39. The molecule has 146 valence electrons. The van der Waals surface area contributed by atoms with Gasteiger partial charge < -0.3 is 4.90 Å². The van der Waals surface area contributed by atoms with Gasteiger partial charge in [-0.25, -0.2) is 13.1 Å². The maximum atomic E-state index is 12.5. The van der Waals surface area contributed by atoms with Crippen molar-refractivity contribution in [1.29, 1.82) is 0 Å². The van der Waals surface area contributed by atoms with E-state index < -0.39 is 9.84 Å². The lowest BCUT2D eigenvalue weighted by Gasteiger charge is -2.34. The average molecular weight is 403 g/mol. The van der Waals surface area contributed by atoms with Gasteiger partial charge in [-0.2, -0.15) is 0 Å². The molecule has 2 heterocycles. The first kappa shape index (κ1) is 19.6. The molecule has 0 unspecified atom stereocenters. The number of amides is 1. The van der Waals surface area contributed by atoms with Crippen molar-refractivity contribution in [2.45, 2.75) is 36.9 Å². The first-order valence-corrected chi connectivity index (χ1v) is 12.1. The van der Waals surface area contributed by atoms with Gasteiger partial charge >= 0.3 is 0 Å². The fourth-order valence-corrected chi connectivity index (χ4v) is 4.83. The van der Waals surface area contributed by atoms with E-state index in [0.29, 0.717) is 44.5 Å². The van der Waals surface area contributed by atoms with Gasteiger partial charge in [-0.05, 0) is 23.3 Å². The van der Waals surface area contributed by atoms with Crippen LogP contribution < -0.4 is 0 Å². The molecule has 3 rings (SSSR count). The normalized spacial score (nSPS) is 20.0. The van der Waals surface area contributed by atoms with Crippen molar-refractivity contribution in [3.63, 3.8) is 0 Å². The smallest absolute Gasteiger partial charge is 0.233 e. The molecule has 0 aromatic carbocycles. The van der Waals surface area contributed by atoms with Crippen LogP contribution in [0.3, 0.4) is 0 Å². The number of piperazine rings is 1. The van der Waals surface area contributed by atoms with Crippen LogP contribution in [0.15, 0.2) is 5.16 Å². The SMILES string of the molecule is CS(=O)(=O)CCN1CCN(C(=O)CSc2nnnn2C2CCCC2)CC1. The summed E-state index contributed by atoms with van der Waals surface area (Å²) in [5.74, 6) is 0.579. The van der Waals surface area contributed by atoms with Gasteiger partial charge in [-0.15, -0.1) is 5.10 Å². The molecule has 1 saturated heterocycles. The molecule has 1 amide bonds. The van der Waals surface area contributed by atoms with Crippen LogP contribution in [0.5, 0.6) is 0 Å². The highest BCUT2D eigenvalue weighted by Gasteiger charge is 2.24. The summed E-state index contributed by atoms with van der Waals surface area (Å²) in [6.45, 7) is 3.23. The molecule has 2 aliphatic rings. The van der Waals surface area contributed by atoms with Crippen molar-refractivity contribution in [1.82, 2.24) is 30.0 Å². The van der Waals surface area contributed by atoms with E-state index in [0.717, 1.165) is 18.0 Å². The lowest BCUT2D eigenvalue weighted by atomic mass is 10.3. The molecule has 1 aliphatic carbocycles. The molecule has 1 saturated carbocycles. The highest BCUT2D eigenvalue weighted by atomic mass is 32.2. The maximum Gasteiger partial charge on any atom is 0.233 e. The number of nitrogens with zero attached hydrogens (tertiary/aromatic N) is 6. The Morgan fingerprint density at radius 1 is 1.19 bits per heavy atom. The summed E-state index contributed by atoms with van der Waals surface area (Å²) in [5, 5.41) is 12.6. The molecule has 9 nitrogen and oxygen atoms in total. The van der Waals surface area contributed by atoms with E-state index in [4.69, 9.17) is 0 Å². The largest absolute Gasteiger partial charge is 0.339 e. The molecule has 0 N–H and O–H groups in total. The van der Waals surface area contributed by atoms with Crippen LogP contribution in [-0.2, 0) is 14.6 Å². The fraction of sp³-hybridized carbons (Fsp3) is 0.867. The van der Waals surface area contributed by atoms with Crippen LogP contribution >= 0.6 is 11.8 Å². The lowest BCUT2D eigenvalue weighted by Crippen LogP contribution is -2.50. The molecule has 0 spiro atoms. The number of tetrazole rings is 1. The number of hydrogen-bond acceptors (Lipinski definition) is 8. The molecule has 2 fully saturated rings. The van der Waals surface area contributed by atoms with Gasteiger partial charge in [0.05, 0.1) is 17.5 Å². The Labute approximate surface area is 158 Å². The van der Waals surface area contributed by atoms with Crippen molar-refractivity contribution >= 4 is 27.5 Å². The molecule has 1 aliphatic heterocycles. The summed E-state index contributed by atoms with van der Waals surface area (Å²) in [4.78, 5) is 16.4. The predicted octanol–water partition coefficient (Wildman–Crippen LogP) is 0.0691. The second-order valence-corrected chi connectivity index (χ2v) is 10.2. The zero-order chi connectivity index (χ0) is 18.6. The Balaban J connectivity index is 1.43. The van der Waals surface area contributed by atoms with E-state index in [2.05, 4.69) is 20.4 Å². The third-order valence-electron chi connectivity index (χ3n) is 4.96. The summed E-state index contributed by atoms with van der Waals surface area (Å²) in [6.07, 6.45) is 5.86. The van der Waals surface area contributed by atoms with E-state index in [1.807, 2.05) is 9.58 Å². The zero-order valence-corrected chi connectivity index (χ0v) is 16.7. The third-order valence-corrected chi connectivity index (χ3v) is 6.80. The highest BCUT2D eigenvalue weighted by Crippen LogP contribution is 2.31. The maximum absolute atomic E-state index is 12.5. The quantitative estimate of drug-likeness (QED) is 0.591. The van der Waals surface area contributed by atoms with Crippen LogP contribution in [-0.4, -0.2) is 94.8 Å². The van der Waals surface area contributed by atoms with Gasteiger partial charge in [0.1, 0.15) is 9.84 Å². The van der Waals surface area contributed by atoms with Gasteiger partial charge in [-0.3, -0.25) is 9.69 Å². The topological polar surface area (TPSA) is 101 Å². The minimum atomic E-state index is -2.95. The van der Waals surface area contributed by atoms with Crippen molar-refractivity contribution < 1.29 is 13.2 Å². The number of rotatable bonds is 7. The number of carbonyl (C=O) groups excluding carboxylic acids is 1. The summed E-state index contributed by atoms with van der Waals surface area (Å²) in [5.41, 5.74) is 0. The van der Waals surface area contributed by atoms with E-state index in [9.17, 15) is 13.2 Å². The lowest BCUT2D eigenvalue weighted by molar-refractivity contribution is -0.130. The second-order valence-electron chi connectivity index (χ2n) is 6.99. The highest BCUT2D eigenvalue weighted by molar-refractivity contribution is 7.99. The first-order valence-electron chi connectivity index (χ1n) is 9.01. The number of sulfone groups is 1.